The maximum absolute atomic E-state index is 5.54. The molecule has 0 amide bonds. The lowest BCUT2D eigenvalue weighted by Crippen LogP contribution is -2.49. The van der Waals surface area contributed by atoms with Gasteiger partial charge in [0.2, 0.25) is 0 Å². The molecule has 1 aliphatic heterocycles. The average Bonchev–Trinajstić information content (AvgIpc) is 1.54. The summed E-state index contributed by atoms with van der Waals surface area (Å²) < 4.78 is 26.0. The molecule has 0 saturated heterocycles. The molecule has 15 heterocycles. The van der Waals surface area contributed by atoms with Gasteiger partial charge in [-0.2, -0.15) is 0 Å². The number of aryl methyl sites for hydroxylation is 18. The molecule has 4 nitrogen and oxygen atoms in total. The van der Waals surface area contributed by atoms with Gasteiger partial charge in [0, 0.05) is 163 Å². The van der Waals surface area contributed by atoms with Crippen molar-refractivity contribution in [2.45, 2.75) is 209 Å². The van der Waals surface area contributed by atoms with Crippen molar-refractivity contribution in [2.24, 2.45) is 14.1 Å². The highest BCUT2D eigenvalue weighted by Crippen LogP contribution is 2.59. The Kier molecular flexibility index (Phi) is 28.9. The second-order valence-corrected chi connectivity index (χ2v) is 58.2. The van der Waals surface area contributed by atoms with Crippen LogP contribution in [0.25, 0.3) is 169 Å². The monoisotopic (exact) mass is 2110 g/mol. The molecule has 0 atom stereocenters. The number of rotatable bonds is 0. The maximum Gasteiger partial charge on any atom is 0.135 e. The van der Waals surface area contributed by atoms with Crippen LogP contribution in [0.1, 0.15) is 185 Å². The number of fused-ring (bicyclic) bond motifs is 28. The van der Waals surface area contributed by atoms with Gasteiger partial charge < -0.3 is 18.0 Å². The molecular formula is C131H132N2O2S10Si. The lowest BCUT2D eigenvalue weighted by molar-refractivity contribution is 0.575. The molecule has 0 saturated carbocycles. The van der Waals surface area contributed by atoms with Gasteiger partial charge in [0.25, 0.3) is 0 Å². The Hall–Kier alpha value is -11.1. The number of para-hydroxylation sites is 2. The summed E-state index contributed by atoms with van der Waals surface area (Å²) in [6, 6.07) is 91.9. The smallest absolute Gasteiger partial charge is 0.135 e. The number of nitrogens with zero attached hydrogens (tertiary/aromatic N) is 2. The predicted molar refractivity (Wildman–Crippen MR) is 663 cm³/mol. The summed E-state index contributed by atoms with van der Waals surface area (Å²) in [4.78, 5) is 17.3. The summed E-state index contributed by atoms with van der Waals surface area (Å²) in [6.07, 6.45) is 0. The van der Waals surface area contributed by atoms with E-state index in [1.807, 2.05) is 179 Å². The van der Waals surface area contributed by atoms with Crippen LogP contribution in [0.4, 0.5) is 0 Å². The van der Waals surface area contributed by atoms with Crippen molar-refractivity contribution < 1.29 is 8.83 Å². The molecule has 0 fully saturated rings. The quantitative estimate of drug-likeness (QED) is 0.142. The largest absolute Gasteiger partial charge is 0.461 e. The fourth-order valence-electron chi connectivity index (χ4n) is 22.3. The standard InChI is InChI=1S/C26H26.C20H16N2.C16H18Si.C13H14S2.C12H10O2.C12H10S2.C10H8S3.C10H10S.C8H8S2.2C2H6/c1-15-7-9-17-19-13-24-20(14-23(19)25(3,4)21(17)11-15)18-10-8-16(2)12-22(18)26(24,5)6;1-21-17-9-5-3-7-13(17)15-12-20-16(11-19(15)21)14-8-4-6-10-18(14)22(20)2;1-11-5-7-13-14-8-6-12(2)10-16(14)17(3,4)15(13)9-11;1-7-5-9-11(14-7)12-10(13(9,3)4)6-8(2)15-12;1-7-3-9-5-12-10(4-8(2)14-12)6-11(9)13-7;1-7-5-9-3-4-10-6-8(2)14-12(10)11(9)13-7;1-5-3-7-9(11-5)10-8(13-7)4-6(2)12-10;1-7-9-5-3-4-6-10(9)8(2)11-7;1-5-7-3-4-9-8(7)6(2)10-5;2*1-2/h7-14H,1-6H3;3-12H,1-2H3;5-10H,1-4H3;5-6H,1-4H3;2*3-6H,1-2H3;3-4H,1-2H3;3-6H,1-2H3;3-4H,1-2H3;2*1-2H3. The third-order valence-corrected chi connectivity index (χ3v) is 44.5. The van der Waals surface area contributed by atoms with Crippen molar-refractivity contribution in [2.75, 3.05) is 0 Å². The first-order chi connectivity index (χ1) is 69.7. The van der Waals surface area contributed by atoms with E-state index in [-0.39, 0.29) is 16.2 Å². The zero-order chi connectivity index (χ0) is 104. The highest BCUT2D eigenvalue weighted by atomic mass is 32.1. The molecule has 3 aliphatic carbocycles. The van der Waals surface area contributed by atoms with Gasteiger partial charge in [0.1, 0.15) is 30.8 Å². The van der Waals surface area contributed by atoms with Crippen molar-refractivity contribution in [3.05, 3.63) is 370 Å². The zero-order valence-corrected chi connectivity index (χ0v) is 99.2. The highest BCUT2D eigenvalue weighted by Gasteiger charge is 2.43. The first-order valence-electron chi connectivity index (χ1n) is 51.0. The average molecular weight is 2120 g/mol. The molecule has 0 spiro atoms. The Morgan fingerprint density at radius 2 is 0.603 bits per heavy atom. The second kappa shape index (κ2) is 40.7. The van der Waals surface area contributed by atoms with Gasteiger partial charge in [0.05, 0.1) is 18.8 Å². The molecule has 0 bridgehead atoms. The minimum Gasteiger partial charge on any atom is -0.461 e. The summed E-state index contributed by atoms with van der Waals surface area (Å²) in [6.45, 7) is 61.7. The number of thiophene rings is 10. The van der Waals surface area contributed by atoms with Crippen LogP contribution >= 0.6 is 113 Å². The van der Waals surface area contributed by atoms with E-state index in [4.69, 9.17) is 8.83 Å². The topological polar surface area (TPSA) is 36.1 Å². The van der Waals surface area contributed by atoms with Crippen molar-refractivity contribution in [3.63, 3.8) is 0 Å². The van der Waals surface area contributed by atoms with E-state index >= 15 is 0 Å². The third-order valence-electron chi connectivity index (χ3n) is 29.5. The maximum atomic E-state index is 5.54. The normalized spacial score (nSPS) is 13.4. The molecule has 11 aromatic carbocycles. The van der Waals surface area contributed by atoms with Crippen LogP contribution in [0.2, 0.25) is 13.1 Å². The molecular weight excluding hydrogens is 1980 g/mol. The molecule has 4 aliphatic rings. The van der Waals surface area contributed by atoms with E-state index < -0.39 is 8.07 Å². The minimum atomic E-state index is -1.44. The van der Waals surface area contributed by atoms with Gasteiger partial charge in [-0.05, 0) is 318 Å². The van der Waals surface area contributed by atoms with Crippen LogP contribution in [0.3, 0.4) is 0 Å². The SMILES string of the molecule is CC.CC.Cc1cc2c(s1)-c1sc(C)cc1C2(C)C.Cc1cc2cc3oc(C)cc3cc2o1.Cc1cc2ccc3cc(C)sc3c2s1.Cc1cc2sc3cc(C)sc3c2s1.Cc1ccc2c(c1)C(C)(C)c1cc3c(cc1-2)C(C)(C)c1cc(C)ccc1-3.Cc1ccc2c(c1)[Si](C)(C)c1cc(C)ccc1-2.Cc1sc(C)c2ccccc12.Cc1sc(C)c2sccc12.Cn1c2ccccc2c2cc3c(cc21)c1ccccc1n3C. The molecule has 146 heavy (non-hydrogen) atoms. The van der Waals surface area contributed by atoms with Gasteiger partial charge >= 0.3 is 0 Å². The second-order valence-electron chi connectivity index (χ2n) is 41.5. The molecule has 29 rings (SSSR count). The number of hydrogen-bond acceptors (Lipinski definition) is 12. The minimum absolute atomic E-state index is 0.0588. The van der Waals surface area contributed by atoms with Crippen LogP contribution in [0.5, 0.6) is 0 Å². The van der Waals surface area contributed by atoms with Crippen molar-refractivity contribution in [3.8, 4) is 43.1 Å². The number of hydrogen-bond donors (Lipinski definition) is 0. The number of furan rings is 2. The summed E-state index contributed by atoms with van der Waals surface area (Å²) in [5.74, 6) is 1.87. The van der Waals surface area contributed by atoms with Crippen LogP contribution in [-0.4, -0.2) is 17.2 Å². The molecule has 14 aromatic heterocycles. The van der Waals surface area contributed by atoms with Gasteiger partial charge in [-0.1, -0.05) is 250 Å². The van der Waals surface area contributed by atoms with Crippen LogP contribution in [-0.2, 0) is 30.3 Å². The van der Waals surface area contributed by atoms with E-state index in [0.29, 0.717) is 0 Å². The lowest BCUT2D eigenvalue weighted by atomic mass is 9.79. The number of benzene rings is 11. The predicted octanol–water partition coefficient (Wildman–Crippen LogP) is 42.2. The summed E-state index contributed by atoms with van der Waals surface area (Å²) in [7, 11) is 2.86. The van der Waals surface area contributed by atoms with Crippen LogP contribution in [0, 0.1) is 111 Å². The molecule has 15 heteroatoms. The Balaban J connectivity index is 0.000000105. The van der Waals surface area contributed by atoms with Crippen molar-refractivity contribution in [1.29, 1.82) is 0 Å². The Morgan fingerprint density at radius 1 is 0.253 bits per heavy atom. The third kappa shape index (κ3) is 19.0. The first kappa shape index (κ1) is 103. The molecule has 0 unspecified atom stereocenters. The molecule has 0 radical (unpaired) electrons. The van der Waals surface area contributed by atoms with Gasteiger partial charge in [-0.3, -0.25) is 0 Å². The van der Waals surface area contributed by atoms with E-state index in [2.05, 4.69) is 405 Å². The van der Waals surface area contributed by atoms with Gasteiger partial charge in [0.15, 0.2) is 0 Å². The van der Waals surface area contributed by atoms with E-state index in [9.17, 15) is 0 Å². The summed E-state index contributed by atoms with van der Waals surface area (Å²) in [5, 5.41) is 20.0. The van der Waals surface area contributed by atoms with Crippen molar-refractivity contribution in [1.82, 2.24) is 9.13 Å². The van der Waals surface area contributed by atoms with E-state index in [1.54, 1.807) is 10.4 Å². The van der Waals surface area contributed by atoms with Gasteiger partial charge in [-0.25, -0.2) is 0 Å². The molecule has 25 aromatic rings. The van der Waals surface area contributed by atoms with Gasteiger partial charge in [-0.15, -0.1) is 113 Å². The molecule has 0 N–H and O–H groups in total. The Morgan fingerprint density at radius 3 is 1.02 bits per heavy atom. The fourth-order valence-corrected chi connectivity index (χ4v) is 37.2. The highest BCUT2D eigenvalue weighted by molar-refractivity contribution is 7.38. The van der Waals surface area contributed by atoms with E-state index in [0.717, 1.165) is 33.5 Å². The Bertz CT molecular complexity index is 8740. The zero-order valence-electron chi connectivity index (χ0n) is 90.0. The number of aromatic nitrogens is 2. The van der Waals surface area contributed by atoms with E-state index in [1.165, 1.54) is 251 Å². The summed E-state index contributed by atoms with van der Waals surface area (Å²) >= 11 is 19.1. The fraction of sp³-hybridized carbons (Fsp3) is 0.252. The molecule has 742 valence electrons. The van der Waals surface area contributed by atoms with Crippen molar-refractivity contribution >= 4 is 257 Å². The van der Waals surface area contributed by atoms with Crippen LogP contribution in [0.15, 0.2) is 263 Å². The first-order valence-corrected chi connectivity index (χ1v) is 62.2. The summed E-state index contributed by atoms with van der Waals surface area (Å²) in [5.41, 5.74) is 30.4. The Labute approximate surface area is 903 Å². The lowest BCUT2D eigenvalue weighted by Gasteiger charge is -2.24. The van der Waals surface area contributed by atoms with Crippen LogP contribution < -0.4 is 10.4 Å².